The molecule has 0 atom stereocenters. The maximum Gasteiger partial charge on any atom is 0.311 e. The molecule has 0 aromatic heterocycles. The zero-order chi connectivity index (χ0) is 81.6. The lowest BCUT2D eigenvalue weighted by atomic mass is 9.77. The third kappa shape index (κ3) is 28.5. The molecule has 0 heterocycles. The second-order valence-electron chi connectivity index (χ2n) is 37.5. The molecular weight excluding hydrogens is 1440 g/mol. The largest absolute Gasteiger partial charge is 0.494 e. The van der Waals surface area contributed by atoms with Crippen LogP contribution in [0.5, 0.6) is 23.0 Å². The molecule has 638 valence electrons. The molecule has 0 bridgehead atoms. The van der Waals surface area contributed by atoms with Crippen LogP contribution in [0, 0.1) is 23.7 Å². The van der Waals surface area contributed by atoms with Crippen LogP contribution < -0.4 is 18.9 Å². The summed E-state index contributed by atoms with van der Waals surface area (Å²) in [6, 6.07) is 58.7. The lowest BCUT2D eigenvalue weighted by Crippen LogP contribution is -2.13. The van der Waals surface area contributed by atoms with Gasteiger partial charge in [0.25, 0.3) is 0 Å². The molecule has 4 fully saturated rings. The summed E-state index contributed by atoms with van der Waals surface area (Å²) in [7, 11) is 0. The molecule has 0 spiro atoms. The average Bonchev–Trinajstić information content (AvgIpc) is 0.742. The number of unbranched alkanes of at least 4 members (excludes halogenated alkanes) is 24. The van der Waals surface area contributed by atoms with Gasteiger partial charge < -0.3 is 18.9 Å². The fourth-order valence-electron chi connectivity index (χ4n) is 21.0. The van der Waals surface area contributed by atoms with Crippen molar-refractivity contribution >= 4 is 33.5 Å². The minimum atomic E-state index is -0.234. The van der Waals surface area contributed by atoms with Crippen molar-refractivity contribution in [3.05, 3.63) is 180 Å². The van der Waals surface area contributed by atoms with Crippen molar-refractivity contribution in [2.75, 3.05) is 13.2 Å². The summed E-state index contributed by atoms with van der Waals surface area (Å²) in [5.74, 6) is 8.85. The number of ether oxygens (including phenoxy) is 4. The van der Waals surface area contributed by atoms with Crippen LogP contribution in [0.25, 0.3) is 54.9 Å². The van der Waals surface area contributed by atoms with Gasteiger partial charge in [0.2, 0.25) is 0 Å². The van der Waals surface area contributed by atoms with E-state index in [4.69, 9.17) is 18.9 Å². The molecule has 8 aromatic carbocycles. The van der Waals surface area contributed by atoms with E-state index in [2.05, 4.69) is 173 Å². The minimum Gasteiger partial charge on any atom is -0.494 e. The Balaban J connectivity index is 0.674. The summed E-state index contributed by atoms with van der Waals surface area (Å²) in [5.41, 5.74) is 12.1. The molecular formula is C112H154O6. The van der Waals surface area contributed by atoms with Crippen molar-refractivity contribution < 1.29 is 28.5 Å². The number of hydrogen-bond donors (Lipinski definition) is 0. The highest BCUT2D eigenvalue weighted by molar-refractivity contribution is 6.11. The molecule has 4 aliphatic rings. The number of esters is 2. The van der Waals surface area contributed by atoms with E-state index >= 15 is 0 Å². The van der Waals surface area contributed by atoms with Crippen molar-refractivity contribution in [3.63, 3.8) is 0 Å². The minimum absolute atomic E-state index is 0.234. The van der Waals surface area contributed by atoms with Crippen molar-refractivity contribution in [2.45, 2.75) is 385 Å². The molecule has 0 unspecified atom stereocenters. The van der Waals surface area contributed by atoms with Gasteiger partial charge >= 0.3 is 11.9 Å². The molecule has 0 amide bonds. The van der Waals surface area contributed by atoms with E-state index in [1.807, 2.05) is 12.1 Å². The monoisotopic (exact) mass is 1600 g/mol. The zero-order valence-electron chi connectivity index (χ0n) is 74.3. The fraction of sp³-hybridized carbons (Fsp3) is 0.589. The Bertz CT molecular complexity index is 3880. The molecule has 0 aliphatic heterocycles. The predicted octanol–water partition coefficient (Wildman–Crippen LogP) is 34.2. The molecule has 8 aromatic rings. The summed E-state index contributed by atoms with van der Waals surface area (Å²) >= 11 is 0. The summed E-state index contributed by atoms with van der Waals surface area (Å²) in [5, 5.41) is 3.97. The lowest BCUT2D eigenvalue weighted by molar-refractivity contribution is -0.135. The van der Waals surface area contributed by atoms with Crippen LogP contribution >= 0.6 is 0 Å². The standard InChI is InChI=1S/C112H154O6/c1-5-9-27-35-85-41-49-89(50-42-85)93-57-61-97(62-58-93)99-69-77-105-101(83-99)71-79-107(117-109(113)39-31-23-19-15-13-17-21-25-33-81-115-103-73-65-95(66-74-103)91-53-45-87(46-54-91)37-29-11-7-3)111(105)112-106-78-70-100(98-63-59-94(60-64-98)90-51-43-86(44-52-90)36-28-10-6-2)84-102(106)72-80-108(112)118-110(114)40-32-24-20-16-14-18-22-26-34-82-116-104-75-67-96(68-76-104)92-55-47-88(48-56-92)38-30-12-8-4/h57-80,83-92H,5-56,81-82H2,1-4H3. The molecule has 118 heavy (non-hydrogen) atoms. The smallest absolute Gasteiger partial charge is 0.311 e. The maximum absolute atomic E-state index is 14.5. The van der Waals surface area contributed by atoms with E-state index in [1.165, 1.54) is 303 Å². The van der Waals surface area contributed by atoms with Gasteiger partial charge in [0.15, 0.2) is 0 Å². The van der Waals surface area contributed by atoms with E-state index < -0.39 is 0 Å². The van der Waals surface area contributed by atoms with Gasteiger partial charge in [-0.3, -0.25) is 9.59 Å². The van der Waals surface area contributed by atoms with Crippen LogP contribution in [0.4, 0.5) is 0 Å². The average molecular weight is 1600 g/mol. The SMILES string of the molecule is CCCCCC1CCC(c2ccc(OCCCCCCCCCCCC(=O)Oc3ccc4cc(-c5ccc(C6CCC(CCCCC)CC6)cc5)ccc4c3-c3c(OC(=O)CCCCCCCCCCCOc4ccc(C5CCC(CCCCC)CC5)cc4)ccc4cc(-c5ccc(C6CCC(CCCCC)CC6)cc5)ccc34)cc2)CC1. The molecule has 0 N–H and O–H groups in total. The second kappa shape index (κ2) is 50.3. The summed E-state index contributed by atoms with van der Waals surface area (Å²) in [6.07, 6.45) is 63.9. The highest BCUT2D eigenvalue weighted by atomic mass is 16.5. The fourth-order valence-corrected chi connectivity index (χ4v) is 21.0. The van der Waals surface area contributed by atoms with Crippen LogP contribution in [0.2, 0.25) is 0 Å². The first-order valence-electron chi connectivity index (χ1n) is 49.4. The Morgan fingerprint density at radius 1 is 0.263 bits per heavy atom. The Hall–Kier alpha value is -7.18. The zero-order valence-corrected chi connectivity index (χ0v) is 74.3. The first kappa shape index (κ1) is 90.1. The lowest BCUT2D eigenvalue weighted by Gasteiger charge is -2.29. The normalized spacial score (nSPS) is 19.7. The number of carbonyl (C=O) groups excluding carboxylic acids is 2. The van der Waals surface area contributed by atoms with Crippen molar-refractivity contribution in [2.24, 2.45) is 23.7 Å². The Labute approximate surface area is 716 Å². The highest BCUT2D eigenvalue weighted by Crippen LogP contribution is 2.49. The number of fused-ring (bicyclic) bond motifs is 2. The van der Waals surface area contributed by atoms with E-state index in [-0.39, 0.29) is 11.9 Å². The molecule has 0 radical (unpaired) electrons. The van der Waals surface area contributed by atoms with Gasteiger partial charge in [-0.2, -0.15) is 0 Å². The van der Waals surface area contributed by atoms with Gasteiger partial charge in [0.05, 0.1) is 13.2 Å². The first-order chi connectivity index (χ1) is 58.2. The van der Waals surface area contributed by atoms with Gasteiger partial charge in [-0.05, 0) is 290 Å². The van der Waals surface area contributed by atoms with Gasteiger partial charge in [0, 0.05) is 24.0 Å². The highest BCUT2D eigenvalue weighted by Gasteiger charge is 2.29. The number of benzene rings is 8. The first-order valence-corrected chi connectivity index (χ1v) is 49.4. The quantitative estimate of drug-likeness (QED) is 0.0215. The molecule has 6 heteroatoms. The van der Waals surface area contributed by atoms with Crippen molar-refractivity contribution in [1.29, 1.82) is 0 Å². The molecule has 6 nitrogen and oxygen atoms in total. The second-order valence-corrected chi connectivity index (χ2v) is 37.5. The van der Waals surface area contributed by atoms with Crippen LogP contribution in [0.15, 0.2) is 158 Å². The van der Waals surface area contributed by atoms with E-state index in [0.717, 1.165) is 144 Å². The Morgan fingerprint density at radius 2 is 0.525 bits per heavy atom. The molecule has 0 saturated heterocycles. The number of rotatable bonds is 51. The molecule has 4 saturated carbocycles. The van der Waals surface area contributed by atoms with Gasteiger partial charge in [-0.1, -0.05) is 330 Å². The topological polar surface area (TPSA) is 71.1 Å². The van der Waals surface area contributed by atoms with Crippen LogP contribution in [-0.2, 0) is 9.59 Å². The van der Waals surface area contributed by atoms with Crippen molar-refractivity contribution in [1.82, 2.24) is 0 Å². The van der Waals surface area contributed by atoms with E-state index in [0.29, 0.717) is 48.0 Å². The van der Waals surface area contributed by atoms with Crippen LogP contribution in [-0.4, -0.2) is 25.2 Å². The maximum atomic E-state index is 14.5. The number of carbonyl (C=O) groups is 2. The van der Waals surface area contributed by atoms with Gasteiger partial charge in [-0.25, -0.2) is 0 Å². The van der Waals surface area contributed by atoms with E-state index in [1.54, 1.807) is 0 Å². The third-order valence-corrected chi connectivity index (χ3v) is 28.6. The summed E-state index contributed by atoms with van der Waals surface area (Å²) in [4.78, 5) is 28.9. The predicted molar refractivity (Wildman–Crippen MR) is 501 cm³/mol. The third-order valence-electron chi connectivity index (χ3n) is 28.6. The van der Waals surface area contributed by atoms with Gasteiger partial charge in [0.1, 0.15) is 23.0 Å². The summed E-state index contributed by atoms with van der Waals surface area (Å²) in [6.45, 7) is 10.8. The van der Waals surface area contributed by atoms with Gasteiger partial charge in [-0.15, -0.1) is 0 Å². The Morgan fingerprint density at radius 3 is 0.814 bits per heavy atom. The molecule has 12 rings (SSSR count). The number of hydrogen-bond acceptors (Lipinski definition) is 6. The van der Waals surface area contributed by atoms with Crippen LogP contribution in [0.1, 0.15) is 408 Å². The van der Waals surface area contributed by atoms with Crippen LogP contribution in [0.3, 0.4) is 0 Å². The Kier molecular flexibility index (Phi) is 38.4. The van der Waals surface area contributed by atoms with Crippen molar-refractivity contribution in [3.8, 4) is 56.4 Å². The molecule has 4 aliphatic carbocycles. The van der Waals surface area contributed by atoms with E-state index in [9.17, 15) is 9.59 Å². The summed E-state index contributed by atoms with van der Waals surface area (Å²) < 4.78 is 25.8.